The molecule has 0 saturated heterocycles. The number of carbonyl (C=O) groups is 1. The van der Waals surface area contributed by atoms with Gasteiger partial charge in [-0.25, -0.2) is 0 Å². The molecule has 1 aromatic rings. The molecular weight excluding hydrogens is 232 g/mol. The van der Waals surface area contributed by atoms with E-state index in [2.05, 4.69) is 0 Å². The molecule has 5 heteroatoms. The highest BCUT2D eigenvalue weighted by molar-refractivity contribution is 5.97. The normalized spacial score (nSPS) is 10.0. The van der Waals surface area contributed by atoms with Gasteiger partial charge in [0, 0.05) is 25.7 Å². The summed E-state index contributed by atoms with van der Waals surface area (Å²) in [6.45, 7) is 3.51. The Morgan fingerprint density at radius 1 is 1.33 bits per heavy atom. The van der Waals surface area contributed by atoms with Crippen molar-refractivity contribution in [2.24, 2.45) is 5.73 Å². The predicted molar refractivity (Wildman–Crippen MR) is 70.2 cm³/mol. The molecule has 0 aliphatic carbocycles. The first-order chi connectivity index (χ1) is 8.67. The van der Waals surface area contributed by atoms with Crippen LogP contribution in [0, 0.1) is 0 Å². The van der Waals surface area contributed by atoms with Gasteiger partial charge < -0.3 is 20.1 Å². The number of amides is 1. The Balaban J connectivity index is 3.03. The minimum atomic E-state index is -0.0811. The fraction of sp³-hybridized carbons (Fsp3) is 0.462. The number of ether oxygens (including phenoxy) is 2. The molecule has 1 amide bonds. The molecule has 1 rings (SSSR count). The number of nitrogens with zero attached hydrogens (tertiary/aromatic N) is 1. The van der Waals surface area contributed by atoms with Crippen molar-refractivity contribution in [1.82, 2.24) is 4.90 Å². The summed E-state index contributed by atoms with van der Waals surface area (Å²) < 4.78 is 10.3. The number of rotatable bonds is 6. The standard InChI is InChI=1S/C13H20N2O3/c1-4-15(8-7-14)13(16)11-6-5-10(17-2)9-12(11)18-3/h5-6,9H,4,7-8,14H2,1-3H3. The van der Waals surface area contributed by atoms with E-state index >= 15 is 0 Å². The summed E-state index contributed by atoms with van der Waals surface area (Å²) in [7, 11) is 3.10. The quantitative estimate of drug-likeness (QED) is 0.824. The van der Waals surface area contributed by atoms with Crippen LogP contribution >= 0.6 is 0 Å². The number of nitrogens with two attached hydrogens (primary N) is 1. The van der Waals surface area contributed by atoms with Crippen molar-refractivity contribution in [3.63, 3.8) is 0 Å². The Morgan fingerprint density at radius 2 is 2.06 bits per heavy atom. The largest absolute Gasteiger partial charge is 0.497 e. The molecule has 0 aliphatic heterocycles. The number of carbonyl (C=O) groups excluding carboxylic acids is 1. The van der Waals surface area contributed by atoms with E-state index in [9.17, 15) is 4.79 Å². The van der Waals surface area contributed by atoms with E-state index in [4.69, 9.17) is 15.2 Å². The van der Waals surface area contributed by atoms with Crippen molar-refractivity contribution in [3.05, 3.63) is 23.8 Å². The van der Waals surface area contributed by atoms with Crippen LogP contribution in [0.4, 0.5) is 0 Å². The number of hydrogen-bond donors (Lipinski definition) is 1. The van der Waals surface area contributed by atoms with E-state index in [1.165, 1.54) is 7.11 Å². The summed E-state index contributed by atoms with van der Waals surface area (Å²) in [5, 5.41) is 0. The Hall–Kier alpha value is -1.75. The second-order valence-corrected chi connectivity index (χ2v) is 3.74. The summed E-state index contributed by atoms with van der Waals surface area (Å²) in [4.78, 5) is 14.0. The molecule has 0 atom stereocenters. The van der Waals surface area contributed by atoms with Crippen LogP contribution < -0.4 is 15.2 Å². The average molecular weight is 252 g/mol. The van der Waals surface area contributed by atoms with Crippen molar-refractivity contribution in [3.8, 4) is 11.5 Å². The lowest BCUT2D eigenvalue weighted by molar-refractivity contribution is 0.0765. The van der Waals surface area contributed by atoms with Gasteiger partial charge in [0.15, 0.2) is 0 Å². The lowest BCUT2D eigenvalue weighted by Gasteiger charge is -2.21. The van der Waals surface area contributed by atoms with Crippen molar-refractivity contribution in [1.29, 1.82) is 0 Å². The van der Waals surface area contributed by atoms with Gasteiger partial charge in [-0.05, 0) is 19.1 Å². The van der Waals surface area contributed by atoms with Gasteiger partial charge in [-0.15, -0.1) is 0 Å². The van der Waals surface area contributed by atoms with Crippen molar-refractivity contribution < 1.29 is 14.3 Å². The zero-order valence-electron chi connectivity index (χ0n) is 11.1. The summed E-state index contributed by atoms with van der Waals surface area (Å²) in [6.07, 6.45) is 0. The number of benzene rings is 1. The second-order valence-electron chi connectivity index (χ2n) is 3.74. The van der Waals surface area contributed by atoms with Crippen LogP contribution in [0.1, 0.15) is 17.3 Å². The first-order valence-electron chi connectivity index (χ1n) is 5.89. The van der Waals surface area contributed by atoms with Crippen LogP contribution in [-0.4, -0.2) is 44.7 Å². The van der Waals surface area contributed by atoms with Crippen molar-refractivity contribution >= 4 is 5.91 Å². The first-order valence-corrected chi connectivity index (χ1v) is 5.89. The molecule has 0 bridgehead atoms. The fourth-order valence-electron chi connectivity index (χ4n) is 1.70. The molecule has 1 aromatic carbocycles. The lowest BCUT2D eigenvalue weighted by Crippen LogP contribution is -2.35. The van der Waals surface area contributed by atoms with Crippen LogP contribution in [0.25, 0.3) is 0 Å². The van der Waals surface area contributed by atoms with Crippen LogP contribution in [-0.2, 0) is 0 Å². The van der Waals surface area contributed by atoms with Gasteiger partial charge in [0.25, 0.3) is 5.91 Å². The maximum atomic E-state index is 12.3. The maximum absolute atomic E-state index is 12.3. The number of likely N-dealkylation sites (N-methyl/N-ethyl adjacent to an activating group) is 1. The summed E-state index contributed by atoms with van der Waals surface area (Å²) in [6, 6.07) is 5.15. The molecule has 0 spiro atoms. The van der Waals surface area contributed by atoms with Crippen LogP contribution in [0.5, 0.6) is 11.5 Å². The second kappa shape index (κ2) is 6.86. The van der Waals surface area contributed by atoms with Crippen LogP contribution in [0.15, 0.2) is 18.2 Å². The topological polar surface area (TPSA) is 64.8 Å². The molecule has 0 fully saturated rings. The Morgan fingerprint density at radius 3 is 2.56 bits per heavy atom. The first kappa shape index (κ1) is 14.3. The van der Waals surface area contributed by atoms with Crippen molar-refractivity contribution in [2.45, 2.75) is 6.92 Å². The zero-order valence-corrected chi connectivity index (χ0v) is 11.1. The highest BCUT2D eigenvalue weighted by Gasteiger charge is 2.18. The fourth-order valence-corrected chi connectivity index (χ4v) is 1.70. The highest BCUT2D eigenvalue weighted by atomic mass is 16.5. The van der Waals surface area contributed by atoms with E-state index in [-0.39, 0.29) is 5.91 Å². The van der Waals surface area contributed by atoms with E-state index in [1.807, 2.05) is 6.92 Å². The van der Waals surface area contributed by atoms with Crippen LogP contribution in [0.3, 0.4) is 0 Å². The molecule has 2 N–H and O–H groups in total. The number of hydrogen-bond acceptors (Lipinski definition) is 4. The Kier molecular flexibility index (Phi) is 5.45. The molecule has 5 nitrogen and oxygen atoms in total. The van der Waals surface area contributed by atoms with Gasteiger partial charge in [-0.3, -0.25) is 4.79 Å². The molecule has 0 aromatic heterocycles. The maximum Gasteiger partial charge on any atom is 0.257 e. The van der Waals surface area contributed by atoms with Gasteiger partial charge in [-0.1, -0.05) is 0 Å². The van der Waals surface area contributed by atoms with Gasteiger partial charge in [0.1, 0.15) is 11.5 Å². The van der Waals surface area contributed by atoms with Gasteiger partial charge in [-0.2, -0.15) is 0 Å². The molecule has 0 aliphatic rings. The van der Waals surface area contributed by atoms with Gasteiger partial charge in [0.05, 0.1) is 19.8 Å². The summed E-state index contributed by atoms with van der Waals surface area (Å²) in [5.74, 6) is 1.09. The average Bonchev–Trinajstić information content (AvgIpc) is 2.43. The molecule has 0 radical (unpaired) electrons. The minimum Gasteiger partial charge on any atom is -0.497 e. The zero-order chi connectivity index (χ0) is 13.5. The molecule has 0 heterocycles. The highest BCUT2D eigenvalue weighted by Crippen LogP contribution is 2.25. The third kappa shape index (κ3) is 3.13. The number of methoxy groups -OCH3 is 2. The van der Waals surface area contributed by atoms with E-state index in [0.717, 1.165) is 0 Å². The lowest BCUT2D eigenvalue weighted by atomic mass is 10.1. The SMILES string of the molecule is CCN(CCN)C(=O)c1ccc(OC)cc1OC. The Labute approximate surface area is 107 Å². The molecule has 0 saturated carbocycles. The third-order valence-electron chi connectivity index (χ3n) is 2.71. The molecule has 100 valence electrons. The smallest absolute Gasteiger partial charge is 0.257 e. The van der Waals surface area contributed by atoms with Gasteiger partial charge in [0.2, 0.25) is 0 Å². The third-order valence-corrected chi connectivity index (χ3v) is 2.71. The monoisotopic (exact) mass is 252 g/mol. The predicted octanol–water partition coefficient (Wildman–Crippen LogP) is 1.12. The van der Waals surface area contributed by atoms with E-state index in [0.29, 0.717) is 36.7 Å². The Bertz CT molecular complexity index is 407. The van der Waals surface area contributed by atoms with Gasteiger partial charge >= 0.3 is 0 Å². The summed E-state index contributed by atoms with van der Waals surface area (Å²) >= 11 is 0. The minimum absolute atomic E-state index is 0.0811. The van der Waals surface area contributed by atoms with E-state index < -0.39 is 0 Å². The van der Waals surface area contributed by atoms with Crippen molar-refractivity contribution in [2.75, 3.05) is 33.9 Å². The summed E-state index contributed by atoms with van der Waals surface area (Å²) in [5.41, 5.74) is 6.01. The molecule has 18 heavy (non-hydrogen) atoms. The molecule has 0 unspecified atom stereocenters. The van der Waals surface area contributed by atoms with Crippen LogP contribution in [0.2, 0.25) is 0 Å². The molecular formula is C13H20N2O3. The van der Waals surface area contributed by atoms with E-state index in [1.54, 1.807) is 30.2 Å².